The molecule has 31 heavy (non-hydrogen) atoms. The third kappa shape index (κ3) is 4.88. The molecule has 0 radical (unpaired) electrons. The lowest BCUT2D eigenvalue weighted by molar-refractivity contribution is 0.0733. The lowest BCUT2D eigenvalue weighted by Crippen LogP contribution is -2.31. The van der Waals surface area contributed by atoms with Gasteiger partial charge in [-0.15, -0.1) is 0 Å². The first-order valence-corrected chi connectivity index (χ1v) is 10.5. The van der Waals surface area contributed by atoms with Gasteiger partial charge in [0.05, 0.1) is 18.3 Å². The lowest BCUT2D eigenvalue weighted by Gasteiger charge is -2.25. The van der Waals surface area contributed by atoms with Gasteiger partial charge in [-0.2, -0.15) is 0 Å². The molecule has 7 nitrogen and oxygen atoms in total. The zero-order valence-electron chi connectivity index (χ0n) is 18.1. The molecule has 3 heterocycles. The molecule has 0 spiro atoms. The van der Waals surface area contributed by atoms with E-state index >= 15 is 0 Å². The molecule has 1 saturated heterocycles. The van der Waals surface area contributed by atoms with Crippen LogP contribution in [0.25, 0.3) is 0 Å². The van der Waals surface area contributed by atoms with Crippen molar-refractivity contribution in [3.63, 3.8) is 0 Å². The van der Waals surface area contributed by atoms with Crippen LogP contribution in [0.1, 0.15) is 51.9 Å². The van der Waals surface area contributed by atoms with Crippen molar-refractivity contribution in [2.24, 2.45) is 0 Å². The number of likely N-dealkylation sites (tertiary alicyclic amines) is 1. The number of carbonyl (C=O) groups is 1. The van der Waals surface area contributed by atoms with Crippen molar-refractivity contribution in [2.75, 3.05) is 19.0 Å². The molecule has 3 aromatic rings. The second-order valence-electron chi connectivity index (χ2n) is 7.83. The highest BCUT2D eigenvalue weighted by atomic mass is 16.5. The van der Waals surface area contributed by atoms with Gasteiger partial charge in [0.2, 0.25) is 5.95 Å². The molecule has 4 rings (SSSR count). The van der Waals surface area contributed by atoms with Crippen molar-refractivity contribution < 1.29 is 9.53 Å². The van der Waals surface area contributed by atoms with Gasteiger partial charge in [0.25, 0.3) is 5.91 Å². The Bertz CT molecular complexity index is 1050. The Morgan fingerprint density at radius 1 is 1.10 bits per heavy atom. The van der Waals surface area contributed by atoms with Crippen LogP contribution in [0.2, 0.25) is 0 Å². The van der Waals surface area contributed by atoms with Gasteiger partial charge in [0.15, 0.2) is 0 Å². The van der Waals surface area contributed by atoms with Gasteiger partial charge in [-0.3, -0.25) is 4.79 Å². The van der Waals surface area contributed by atoms with Crippen molar-refractivity contribution in [1.29, 1.82) is 0 Å². The van der Waals surface area contributed by atoms with Crippen molar-refractivity contribution in [3.8, 4) is 0 Å². The summed E-state index contributed by atoms with van der Waals surface area (Å²) in [7, 11) is 1.66. The SMILES string of the molecule is COCc1ccc(C(=O)N2CCCC2c2cccc(Nc3nc(C)cc(C)n3)n2)cc1. The summed E-state index contributed by atoms with van der Waals surface area (Å²) < 4.78 is 5.15. The van der Waals surface area contributed by atoms with Crippen molar-refractivity contribution in [3.05, 3.63) is 76.7 Å². The van der Waals surface area contributed by atoms with Crippen LogP contribution in [0.4, 0.5) is 11.8 Å². The number of nitrogens with one attached hydrogen (secondary N) is 1. The van der Waals surface area contributed by atoms with Gasteiger partial charge in [-0.25, -0.2) is 15.0 Å². The summed E-state index contributed by atoms with van der Waals surface area (Å²) in [5, 5.41) is 3.19. The monoisotopic (exact) mass is 417 g/mol. The summed E-state index contributed by atoms with van der Waals surface area (Å²) in [6.07, 6.45) is 1.85. The Morgan fingerprint density at radius 3 is 2.55 bits per heavy atom. The molecule has 1 atom stereocenters. The fourth-order valence-electron chi connectivity index (χ4n) is 4.00. The molecule has 0 aliphatic carbocycles. The highest BCUT2D eigenvalue weighted by molar-refractivity contribution is 5.94. The molecule has 1 amide bonds. The predicted molar refractivity (Wildman–Crippen MR) is 119 cm³/mol. The number of aromatic nitrogens is 3. The van der Waals surface area contributed by atoms with Crippen molar-refractivity contribution in [1.82, 2.24) is 19.9 Å². The molecule has 1 unspecified atom stereocenters. The van der Waals surface area contributed by atoms with Crippen LogP contribution < -0.4 is 5.32 Å². The van der Waals surface area contributed by atoms with E-state index < -0.39 is 0 Å². The molecular weight excluding hydrogens is 390 g/mol. The minimum atomic E-state index is -0.0481. The first-order chi connectivity index (χ1) is 15.0. The number of amides is 1. The molecule has 0 saturated carbocycles. The van der Waals surface area contributed by atoms with Gasteiger partial charge in [-0.05, 0) is 62.6 Å². The molecule has 1 aliphatic rings. The third-order valence-corrected chi connectivity index (χ3v) is 5.36. The first-order valence-electron chi connectivity index (χ1n) is 10.5. The maximum Gasteiger partial charge on any atom is 0.254 e. The zero-order valence-corrected chi connectivity index (χ0v) is 18.1. The van der Waals surface area contributed by atoms with Crippen LogP contribution in [0.15, 0.2) is 48.5 Å². The summed E-state index contributed by atoms with van der Waals surface area (Å²) in [5.74, 6) is 1.23. The van der Waals surface area contributed by atoms with E-state index in [1.54, 1.807) is 7.11 Å². The summed E-state index contributed by atoms with van der Waals surface area (Å²) in [6, 6.07) is 15.3. The molecule has 2 aromatic heterocycles. The van der Waals surface area contributed by atoms with E-state index in [4.69, 9.17) is 9.72 Å². The zero-order chi connectivity index (χ0) is 21.8. The van der Waals surface area contributed by atoms with Gasteiger partial charge >= 0.3 is 0 Å². The minimum absolute atomic E-state index is 0.0317. The quantitative estimate of drug-likeness (QED) is 0.642. The summed E-state index contributed by atoms with van der Waals surface area (Å²) in [6.45, 7) is 5.14. The molecule has 7 heteroatoms. The average Bonchev–Trinajstić information content (AvgIpc) is 3.23. The van der Waals surface area contributed by atoms with Crippen LogP contribution in [-0.4, -0.2) is 39.4 Å². The van der Waals surface area contributed by atoms with Crippen LogP contribution in [-0.2, 0) is 11.3 Å². The summed E-state index contributed by atoms with van der Waals surface area (Å²) in [5.41, 5.74) is 4.40. The molecule has 0 bridgehead atoms. The highest BCUT2D eigenvalue weighted by Gasteiger charge is 2.31. The van der Waals surface area contributed by atoms with E-state index in [0.717, 1.165) is 42.0 Å². The van der Waals surface area contributed by atoms with Crippen LogP contribution in [0.5, 0.6) is 0 Å². The van der Waals surface area contributed by atoms with Crippen LogP contribution >= 0.6 is 0 Å². The van der Waals surface area contributed by atoms with E-state index in [9.17, 15) is 4.79 Å². The number of hydrogen-bond donors (Lipinski definition) is 1. The second kappa shape index (κ2) is 9.22. The number of hydrogen-bond acceptors (Lipinski definition) is 6. The smallest absolute Gasteiger partial charge is 0.254 e. The number of rotatable bonds is 6. The standard InChI is InChI=1S/C24H27N5O2/c1-16-14-17(2)26-24(25-16)28-22-8-4-6-20(27-22)21-7-5-13-29(21)23(30)19-11-9-18(10-12-19)15-31-3/h4,6,8-12,14,21H,5,7,13,15H2,1-3H3,(H,25,26,27,28). The van der Waals surface area contributed by atoms with Gasteiger partial charge in [0, 0.05) is 30.6 Å². The second-order valence-corrected chi connectivity index (χ2v) is 7.83. The van der Waals surface area contributed by atoms with Crippen molar-refractivity contribution >= 4 is 17.7 Å². The maximum atomic E-state index is 13.2. The Morgan fingerprint density at radius 2 is 1.84 bits per heavy atom. The maximum absolute atomic E-state index is 13.2. The number of anilines is 2. The Labute approximate surface area is 182 Å². The van der Waals surface area contributed by atoms with E-state index in [0.29, 0.717) is 23.9 Å². The largest absolute Gasteiger partial charge is 0.380 e. The van der Waals surface area contributed by atoms with Gasteiger partial charge in [0.1, 0.15) is 5.82 Å². The number of pyridine rings is 1. The van der Waals surface area contributed by atoms with E-state index in [-0.39, 0.29) is 11.9 Å². The molecule has 160 valence electrons. The normalized spacial score (nSPS) is 15.8. The molecular formula is C24H27N5O2. The van der Waals surface area contributed by atoms with E-state index in [1.165, 1.54) is 0 Å². The van der Waals surface area contributed by atoms with E-state index in [2.05, 4.69) is 15.3 Å². The molecule has 1 aliphatic heterocycles. The Balaban J connectivity index is 1.53. The van der Waals surface area contributed by atoms with E-state index in [1.807, 2.05) is 67.3 Å². The lowest BCUT2D eigenvalue weighted by atomic mass is 10.1. The fourth-order valence-corrected chi connectivity index (χ4v) is 4.00. The Hall–Kier alpha value is -3.32. The number of ether oxygens (including phenoxy) is 1. The Kier molecular flexibility index (Phi) is 6.23. The third-order valence-electron chi connectivity index (χ3n) is 5.36. The number of aryl methyl sites for hydroxylation is 2. The first kappa shape index (κ1) is 20.9. The summed E-state index contributed by atoms with van der Waals surface area (Å²) in [4.78, 5) is 28.7. The average molecular weight is 418 g/mol. The number of benzene rings is 1. The highest BCUT2D eigenvalue weighted by Crippen LogP contribution is 2.33. The van der Waals surface area contributed by atoms with Crippen LogP contribution in [0, 0.1) is 13.8 Å². The fraction of sp³-hybridized carbons (Fsp3) is 0.333. The molecule has 1 fully saturated rings. The van der Waals surface area contributed by atoms with Gasteiger partial charge in [-0.1, -0.05) is 18.2 Å². The number of methoxy groups -OCH3 is 1. The number of nitrogens with zero attached hydrogens (tertiary/aromatic N) is 4. The number of carbonyl (C=O) groups excluding carboxylic acids is 1. The van der Waals surface area contributed by atoms with Gasteiger partial charge < -0.3 is 15.0 Å². The minimum Gasteiger partial charge on any atom is -0.380 e. The van der Waals surface area contributed by atoms with Crippen molar-refractivity contribution in [2.45, 2.75) is 39.3 Å². The topological polar surface area (TPSA) is 80.2 Å². The van der Waals surface area contributed by atoms with Crippen LogP contribution in [0.3, 0.4) is 0 Å². The molecule has 1 N–H and O–H groups in total. The predicted octanol–water partition coefficient (Wildman–Crippen LogP) is 4.36. The summed E-state index contributed by atoms with van der Waals surface area (Å²) >= 11 is 0. The molecule has 1 aromatic carbocycles.